The second-order valence-corrected chi connectivity index (χ2v) is 8.74. The first-order chi connectivity index (χ1) is 14.4. The molecule has 7 heteroatoms. The molecule has 1 aromatic heterocycles. The van der Waals surface area contributed by atoms with Gasteiger partial charge >= 0.3 is 5.97 Å². The van der Waals surface area contributed by atoms with Crippen LogP contribution in [0.2, 0.25) is 0 Å². The highest BCUT2D eigenvalue weighted by Gasteiger charge is 2.27. The maximum Gasteiger partial charge on any atom is 0.341 e. The van der Waals surface area contributed by atoms with E-state index in [1.54, 1.807) is 26.4 Å². The molecule has 1 aliphatic rings. The van der Waals surface area contributed by atoms with E-state index in [-0.39, 0.29) is 24.4 Å². The van der Waals surface area contributed by atoms with Gasteiger partial charge in [0.1, 0.15) is 5.00 Å². The van der Waals surface area contributed by atoms with Gasteiger partial charge in [-0.25, -0.2) is 4.79 Å². The van der Waals surface area contributed by atoms with Gasteiger partial charge in [-0.15, -0.1) is 11.3 Å². The molecule has 0 unspecified atom stereocenters. The molecule has 0 saturated carbocycles. The maximum absolute atomic E-state index is 12.8. The summed E-state index contributed by atoms with van der Waals surface area (Å²) in [5, 5.41) is 3.56. The van der Waals surface area contributed by atoms with Crippen LogP contribution in [0.3, 0.4) is 0 Å². The van der Waals surface area contributed by atoms with Crippen LogP contribution in [0.25, 0.3) is 0 Å². The average Bonchev–Trinajstić information content (AvgIpc) is 2.87. The molecule has 0 saturated heterocycles. The summed E-state index contributed by atoms with van der Waals surface area (Å²) in [5.74, 6) is 0.650. The van der Waals surface area contributed by atoms with Crippen molar-refractivity contribution in [3.63, 3.8) is 0 Å². The molecule has 0 atom stereocenters. The Balaban J connectivity index is 1.83. The van der Waals surface area contributed by atoms with Crippen LogP contribution in [0.15, 0.2) is 18.2 Å². The van der Waals surface area contributed by atoms with E-state index in [4.69, 9.17) is 14.2 Å². The second kappa shape index (κ2) is 9.98. The van der Waals surface area contributed by atoms with E-state index in [2.05, 4.69) is 5.32 Å². The molecule has 0 fully saturated rings. The Kier molecular flexibility index (Phi) is 7.37. The number of hydrogen-bond donors (Lipinski definition) is 1. The number of hydrogen-bond acceptors (Lipinski definition) is 6. The van der Waals surface area contributed by atoms with Crippen LogP contribution in [0, 0.1) is 0 Å². The molecule has 1 amide bonds. The van der Waals surface area contributed by atoms with Crippen molar-refractivity contribution in [1.82, 2.24) is 0 Å². The van der Waals surface area contributed by atoms with Crippen molar-refractivity contribution >= 4 is 28.2 Å². The summed E-state index contributed by atoms with van der Waals surface area (Å²) in [6.07, 6.45) is 5.04. The van der Waals surface area contributed by atoms with Gasteiger partial charge in [-0.3, -0.25) is 4.79 Å². The molecule has 1 aromatic carbocycles. The van der Waals surface area contributed by atoms with Crippen molar-refractivity contribution in [3.05, 3.63) is 39.8 Å². The van der Waals surface area contributed by atoms with Crippen LogP contribution < -0.4 is 14.8 Å². The number of esters is 1. The van der Waals surface area contributed by atoms with Crippen molar-refractivity contribution in [2.45, 2.75) is 58.5 Å². The van der Waals surface area contributed by atoms with Crippen LogP contribution in [0.4, 0.5) is 5.00 Å². The number of benzene rings is 1. The van der Waals surface area contributed by atoms with Gasteiger partial charge in [-0.1, -0.05) is 12.5 Å². The van der Waals surface area contributed by atoms with Crippen molar-refractivity contribution in [2.75, 3.05) is 19.5 Å². The van der Waals surface area contributed by atoms with Crippen molar-refractivity contribution in [3.8, 4) is 11.5 Å². The summed E-state index contributed by atoms with van der Waals surface area (Å²) in [6.45, 7) is 3.66. The highest BCUT2D eigenvalue weighted by atomic mass is 32.1. The van der Waals surface area contributed by atoms with Crippen molar-refractivity contribution < 1.29 is 23.8 Å². The predicted molar refractivity (Wildman–Crippen MR) is 118 cm³/mol. The number of carbonyl (C=O) groups is 2. The highest BCUT2D eigenvalue weighted by molar-refractivity contribution is 7.17. The van der Waals surface area contributed by atoms with Gasteiger partial charge in [0, 0.05) is 4.88 Å². The molecule has 0 radical (unpaired) electrons. The molecule has 6 nitrogen and oxygen atoms in total. The topological polar surface area (TPSA) is 73.9 Å². The zero-order chi connectivity index (χ0) is 21.7. The number of thiophene rings is 1. The van der Waals surface area contributed by atoms with E-state index in [1.807, 2.05) is 19.9 Å². The number of methoxy groups -OCH3 is 2. The number of carbonyl (C=O) groups excluding carboxylic acids is 2. The monoisotopic (exact) mass is 431 g/mol. The Bertz CT molecular complexity index is 919. The van der Waals surface area contributed by atoms with E-state index in [9.17, 15) is 9.59 Å². The van der Waals surface area contributed by atoms with Crippen molar-refractivity contribution in [1.29, 1.82) is 0 Å². The number of nitrogens with one attached hydrogen (secondary N) is 1. The zero-order valence-corrected chi connectivity index (χ0v) is 18.8. The lowest BCUT2D eigenvalue weighted by molar-refractivity contribution is -0.115. The van der Waals surface area contributed by atoms with Gasteiger partial charge in [-0.2, -0.15) is 0 Å². The number of aryl methyl sites for hydroxylation is 1. The molecular formula is C23H29NO5S. The third-order valence-corrected chi connectivity index (χ3v) is 6.24. The number of anilines is 1. The van der Waals surface area contributed by atoms with Crippen LogP contribution in [0.5, 0.6) is 11.5 Å². The molecule has 1 aliphatic carbocycles. The van der Waals surface area contributed by atoms with Gasteiger partial charge in [0.25, 0.3) is 0 Å². The Morgan fingerprint density at radius 1 is 1.07 bits per heavy atom. The maximum atomic E-state index is 12.8. The predicted octanol–water partition coefficient (Wildman–Crippen LogP) is 4.78. The van der Waals surface area contributed by atoms with Gasteiger partial charge in [-0.05, 0) is 62.8 Å². The largest absolute Gasteiger partial charge is 0.493 e. The fourth-order valence-corrected chi connectivity index (χ4v) is 4.96. The molecule has 30 heavy (non-hydrogen) atoms. The van der Waals surface area contributed by atoms with E-state index >= 15 is 0 Å². The molecule has 1 heterocycles. The summed E-state index contributed by atoms with van der Waals surface area (Å²) in [4.78, 5) is 26.8. The minimum absolute atomic E-state index is 0.168. The third kappa shape index (κ3) is 5.14. The van der Waals surface area contributed by atoms with Gasteiger partial charge in [0.05, 0.1) is 32.3 Å². The molecule has 162 valence electrons. The number of ether oxygens (including phenoxy) is 3. The summed E-state index contributed by atoms with van der Waals surface area (Å²) in [7, 11) is 3.13. The lowest BCUT2D eigenvalue weighted by Gasteiger charge is -2.12. The lowest BCUT2D eigenvalue weighted by Crippen LogP contribution is -2.18. The summed E-state index contributed by atoms with van der Waals surface area (Å²) in [5.41, 5.74) is 2.38. The first-order valence-corrected chi connectivity index (χ1v) is 11.1. The van der Waals surface area contributed by atoms with Crippen LogP contribution >= 0.6 is 11.3 Å². The summed E-state index contributed by atoms with van der Waals surface area (Å²) in [6, 6.07) is 5.40. The lowest BCUT2D eigenvalue weighted by atomic mass is 10.1. The Hall–Kier alpha value is -2.54. The molecule has 1 N–H and O–H groups in total. The van der Waals surface area contributed by atoms with E-state index in [0.717, 1.165) is 43.2 Å². The molecule has 3 rings (SSSR count). The molecule has 0 spiro atoms. The van der Waals surface area contributed by atoms with Crippen LogP contribution in [0.1, 0.15) is 59.5 Å². The smallest absolute Gasteiger partial charge is 0.341 e. The number of fused-ring (bicyclic) bond motifs is 1. The van der Waals surface area contributed by atoms with E-state index < -0.39 is 0 Å². The second-order valence-electron chi connectivity index (χ2n) is 7.64. The van der Waals surface area contributed by atoms with E-state index in [0.29, 0.717) is 22.1 Å². The molecule has 2 aromatic rings. The molecule has 0 aliphatic heterocycles. The van der Waals surface area contributed by atoms with Gasteiger partial charge < -0.3 is 19.5 Å². The van der Waals surface area contributed by atoms with E-state index in [1.165, 1.54) is 16.2 Å². The molecular weight excluding hydrogens is 402 g/mol. The Labute approximate surface area is 181 Å². The standard InChI is InChI=1S/C23H29NO5S/c1-14(2)29-23(26)21-16-8-6-5-7-9-19(16)30-22(21)24-20(25)13-15-10-11-17(27-3)18(12-15)28-4/h10-12,14H,5-9,13H2,1-4H3,(H,24,25). The molecule has 0 bridgehead atoms. The van der Waals surface area contributed by atoms with Crippen molar-refractivity contribution in [2.24, 2.45) is 0 Å². The Morgan fingerprint density at radius 2 is 1.80 bits per heavy atom. The zero-order valence-electron chi connectivity index (χ0n) is 18.0. The first kappa shape index (κ1) is 22.2. The Morgan fingerprint density at radius 3 is 2.50 bits per heavy atom. The van der Waals surface area contributed by atoms with Gasteiger partial charge in [0.2, 0.25) is 5.91 Å². The summed E-state index contributed by atoms with van der Waals surface area (Å²) < 4.78 is 16.0. The SMILES string of the molecule is COc1ccc(CC(=O)Nc2sc3c(c2C(=O)OC(C)C)CCCCC3)cc1OC. The first-order valence-electron chi connectivity index (χ1n) is 10.3. The normalized spacial score (nSPS) is 13.4. The van der Waals surface area contributed by atoms with Gasteiger partial charge in [0.15, 0.2) is 11.5 Å². The summed E-state index contributed by atoms with van der Waals surface area (Å²) >= 11 is 1.51. The quantitative estimate of drug-likeness (QED) is 0.504. The van der Waals surface area contributed by atoms with Crippen LogP contribution in [-0.4, -0.2) is 32.2 Å². The highest BCUT2D eigenvalue weighted by Crippen LogP contribution is 2.38. The number of rotatable bonds is 7. The minimum Gasteiger partial charge on any atom is -0.493 e. The average molecular weight is 432 g/mol. The van der Waals surface area contributed by atoms with Crippen LogP contribution in [-0.2, 0) is 28.8 Å². The number of amides is 1. The minimum atomic E-state index is -0.356. The third-order valence-electron chi connectivity index (χ3n) is 5.03. The fourth-order valence-electron chi connectivity index (χ4n) is 3.67. The fraction of sp³-hybridized carbons (Fsp3) is 0.478.